The molecule has 0 fully saturated rings. The third-order valence-electron chi connectivity index (χ3n) is 1.80. The Morgan fingerprint density at radius 1 is 1.38 bits per heavy atom. The molecule has 0 aliphatic carbocycles. The van der Waals surface area contributed by atoms with E-state index in [0.29, 0.717) is 0 Å². The Balaban J connectivity index is 3.01. The molecule has 4 heteroatoms. The van der Waals surface area contributed by atoms with E-state index in [1.807, 2.05) is 20.8 Å². The van der Waals surface area contributed by atoms with Gasteiger partial charge in [-0.3, -0.25) is 0 Å². The molecule has 0 atom stereocenters. The SMILES string of the molecule is CC(C)(C)c1ccc([N+](=O)[O-])nc1. The van der Waals surface area contributed by atoms with Crippen LogP contribution in [0.15, 0.2) is 18.3 Å². The van der Waals surface area contributed by atoms with Gasteiger partial charge in [0.05, 0.1) is 0 Å². The quantitative estimate of drug-likeness (QED) is 0.492. The van der Waals surface area contributed by atoms with Crippen LogP contribution in [0.1, 0.15) is 26.3 Å². The van der Waals surface area contributed by atoms with Gasteiger partial charge in [0.2, 0.25) is 0 Å². The van der Waals surface area contributed by atoms with Crippen molar-refractivity contribution in [1.82, 2.24) is 4.98 Å². The smallest absolute Gasteiger partial charge is 0.358 e. The van der Waals surface area contributed by atoms with Gasteiger partial charge in [0.25, 0.3) is 0 Å². The summed E-state index contributed by atoms with van der Waals surface area (Å²) in [6.07, 6.45) is 1.55. The number of hydrogen-bond donors (Lipinski definition) is 0. The zero-order valence-electron chi connectivity index (χ0n) is 7.94. The van der Waals surface area contributed by atoms with E-state index < -0.39 is 4.92 Å². The van der Waals surface area contributed by atoms with Crippen molar-refractivity contribution < 1.29 is 4.92 Å². The van der Waals surface area contributed by atoms with Crippen LogP contribution >= 0.6 is 0 Å². The van der Waals surface area contributed by atoms with E-state index in [-0.39, 0.29) is 11.2 Å². The zero-order valence-corrected chi connectivity index (χ0v) is 7.94. The second-order valence-electron chi connectivity index (χ2n) is 3.91. The van der Waals surface area contributed by atoms with Crippen LogP contribution in [0.2, 0.25) is 0 Å². The van der Waals surface area contributed by atoms with Gasteiger partial charge in [0.1, 0.15) is 6.20 Å². The van der Waals surface area contributed by atoms with E-state index in [1.54, 1.807) is 12.3 Å². The van der Waals surface area contributed by atoms with Gasteiger partial charge in [-0.2, -0.15) is 0 Å². The van der Waals surface area contributed by atoms with Crippen molar-refractivity contribution in [3.05, 3.63) is 34.0 Å². The lowest BCUT2D eigenvalue weighted by molar-refractivity contribution is -0.389. The fraction of sp³-hybridized carbons (Fsp3) is 0.444. The number of hydrogen-bond acceptors (Lipinski definition) is 3. The minimum Gasteiger partial charge on any atom is -0.358 e. The van der Waals surface area contributed by atoms with Crippen molar-refractivity contribution in [1.29, 1.82) is 0 Å². The summed E-state index contributed by atoms with van der Waals surface area (Å²) in [5.41, 5.74) is 0.986. The lowest BCUT2D eigenvalue weighted by Crippen LogP contribution is -2.11. The predicted molar refractivity (Wildman–Crippen MR) is 49.6 cm³/mol. The second kappa shape index (κ2) is 3.12. The molecular formula is C9H12N2O2. The summed E-state index contributed by atoms with van der Waals surface area (Å²) >= 11 is 0. The van der Waals surface area contributed by atoms with Crippen molar-refractivity contribution in [2.24, 2.45) is 0 Å². The van der Waals surface area contributed by atoms with E-state index in [9.17, 15) is 10.1 Å². The third kappa shape index (κ3) is 2.24. The molecule has 0 saturated heterocycles. The van der Waals surface area contributed by atoms with Crippen LogP contribution in [0.25, 0.3) is 0 Å². The maximum absolute atomic E-state index is 10.3. The Kier molecular flexibility index (Phi) is 2.32. The number of aromatic nitrogens is 1. The lowest BCUT2D eigenvalue weighted by atomic mass is 9.88. The first-order valence-electron chi connectivity index (χ1n) is 4.02. The number of pyridine rings is 1. The monoisotopic (exact) mass is 180 g/mol. The van der Waals surface area contributed by atoms with Gasteiger partial charge >= 0.3 is 5.82 Å². The van der Waals surface area contributed by atoms with E-state index in [2.05, 4.69) is 4.98 Å². The summed E-state index contributed by atoms with van der Waals surface area (Å²) in [6, 6.07) is 3.17. The number of rotatable bonds is 1. The molecular weight excluding hydrogens is 168 g/mol. The maximum atomic E-state index is 10.3. The van der Waals surface area contributed by atoms with Crippen LogP contribution in [-0.2, 0) is 5.41 Å². The van der Waals surface area contributed by atoms with Gasteiger partial charge in [-0.25, -0.2) is 0 Å². The lowest BCUT2D eigenvalue weighted by Gasteiger charge is -2.16. The summed E-state index contributed by atoms with van der Waals surface area (Å²) in [5.74, 6) is -0.104. The van der Waals surface area contributed by atoms with Crippen molar-refractivity contribution in [3.8, 4) is 0 Å². The van der Waals surface area contributed by atoms with Gasteiger partial charge in [0.15, 0.2) is 0 Å². The van der Waals surface area contributed by atoms with Gasteiger partial charge in [-0.05, 0) is 21.4 Å². The Morgan fingerprint density at radius 3 is 2.31 bits per heavy atom. The molecule has 0 amide bonds. The normalized spacial score (nSPS) is 11.3. The standard InChI is InChI=1S/C9H12N2O2/c1-9(2,3)7-4-5-8(10-6-7)11(12)13/h4-6H,1-3H3. The van der Waals surface area contributed by atoms with Crippen LogP contribution in [0, 0.1) is 10.1 Å². The predicted octanol–water partition coefficient (Wildman–Crippen LogP) is 2.29. The topological polar surface area (TPSA) is 56.0 Å². The molecule has 0 bridgehead atoms. The molecule has 0 saturated carbocycles. The largest absolute Gasteiger partial charge is 0.363 e. The van der Waals surface area contributed by atoms with E-state index in [4.69, 9.17) is 0 Å². The Morgan fingerprint density at radius 2 is 2.00 bits per heavy atom. The summed E-state index contributed by atoms with van der Waals surface area (Å²) in [6.45, 7) is 6.11. The minimum absolute atomic E-state index is 0.0118. The highest BCUT2D eigenvalue weighted by atomic mass is 16.6. The molecule has 4 nitrogen and oxygen atoms in total. The summed E-state index contributed by atoms with van der Waals surface area (Å²) in [4.78, 5) is 13.6. The average Bonchev–Trinajstić information content (AvgIpc) is 2.03. The van der Waals surface area contributed by atoms with Crippen molar-refractivity contribution in [3.63, 3.8) is 0 Å². The minimum atomic E-state index is -0.494. The van der Waals surface area contributed by atoms with Gasteiger partial charge in [-0.15, -0.1) is 0 Å². The van der Waals surface area contributed by atoms with Crippen LogP contribution < -0.4 is 0 Å². The fourth-order valence-corrected chi connectivity index (χ4v) is 0.938. The average molecular weight is 180 g/mol. The molecule has 1 rings (SSSR count). The fourth-order valence-electron chi connectivity index (χ4n) is 0.938. The molecule has 0 radical (unpaired) electrons. The molecule has 0 aliphatic heterocycles. The molecule has 0 aromatic carbocycles. The molecule has 0 unspecified atom stereocenters. The van der Waals surface area contributed by atoms with Crippen LogP contribution in [0.4, 0.5) is 5.82 Å². The van der Waals surface area contributed by atoms with Crippen LogP contribution in [0.3, 0.4) is 0 Å². The Hall–Kier alpha value is -1.45. The molecule has 1 aromatic heterocycles. The highest BCUT2D eigenvalue weighted by Gasteiger charge is 2.16. The highest BCUT2D eigenvalue weighted by molar-refractivity contribution is 5.26. The summed E-state index contributed by atoms with van der Waals surface area (Å²) in [7, 11) is 0. The molecule has 1 aromatic rings. The molecule has 1 heterocycles. The van der Waals surface area contributed by atoms with Crippen LogP contribution in [0.5, 0.6) is 0 Å². The molecule has 13 heavy (non-hydrogen) atoms. The van der Waals surface area contributed by atoms with Gasteiger partial charge < -0.3 is 10.1 Å². The summed E-state index contributed by atoms with van der Waals surface area (Å²) in [5, 5.41) is 10.3. The van der Waals surface area contributed by atoms with Gasteiger partial charge in [-0.1, -0.05) is 20.8 Å². The highest BCUT2D eigenvalue weighted by Crippen LogP contribution is 2.22. The molecule has 0 spiro atoms. The first-order valence-corrected chi connectivity index (χ1v) is 4.02. The maximum Gasteiger partial charge on any atom is 0.363 e. The van der Waals surface area contributed by atoms with E-state index in [1.165, 1.54) is 6.07 Å². The first-order chi connectivity index (χ1) is 5.91. The molecule has 0 N–H and O–H groups in total. The number of nitrogens with zero attached hydrogens (tertiary/aromatic N) is 2. The Labute approximate surface area is 76.8 Å². The van der Waals surface area contributed by atoms with Crippen molar-refractivity contribution in [2.45, 2.75) is 26.2 Å². The second-order valence-corrected chi connectivity index (χ2v) is 3.91. The summed E-state index contributed by atoms with van der Waals surface area (Å²) < 4.78 is 0. The van der Waals surface area contributed by atoms with Crippen molar-refractivity contribution in [2.75, 3.05) is 0 Å². The van der Waals surface area contributed by atoms with Crippen molar-refractivity contribution >= 4 is 5.82 Å². The number of nitro groups is 1. The van der Waals surface area contributed by atoms with Crippen LogP contribution in [-0.4, -0.2) is 9.91 Å². The molecule has 70 valence electrons. The first kappa shape index (κ1) is 9.64. The van der Waals surface area contributed by atoms with E-state index in [0.717, 1.165) is 5.56 Å². The molecule has 0 aliphatic rings. The van der Waals surface area contributed by atoms with Gasteiger partial charge in [0, 0.05) is 11.6 Å². The van der Waals surface area contributed by atoms with E-state index >= 15 is 0 Å². The zero-order chi connectivity index (χ0) is 10.1. The third-order valence-corrected chi connectivity index (χ3v) is 1.80. The Bertz CT molecular complexity index is 311.